The van der Waals surface area contributed by atoms with Crippen LogP contribution in [0.5, 0.6) is 0 Å². The molecule has 114 valence electrons. The Morgan fingerprint density at radius 3 is 2.48 bits per heavy atom. The van der Waals surface area contributed by atoms with Crippen molar-refractivity contribution in [3.05, 3.63) is 27.2 Å². The quantitative estimate of drug-likeness (QED) is 0.727. The van der Waals surface area contributed by atoms with E-state index in [-0.39, 0.29) is 17.8 Å². The number of nitrogens with zero attached hydrogens (tertiary/aromatic N) is 4. The molecule has 0 spiro atoms. The van der Waals surface area contributed by atoms with Gasteiger partial charge in [-0.1, -0.05) is 0 Å². The average Bonchev–Trinajstić information content (AvgIpc) is 2.88. The van der Waals surface area contributed by atoms with E-state index in [1.54, 1.807) is 20.8 Å². The van der Waals surface area contributed by atoms with Gasteiger partial charge >= 0.3 is 11.7 Å². The van der Waals surface area contributed by atoms with Gasteiger partial charge in [0.15, 0.2) is 11.2 Å². The number of carbonyl (C=O) groups excluding carboxylic acids is 1. The van der Waals surface area contributed by atoms with Crippen LogP contribution in [0.15, 0.2) is 15.9 Å². The van der Waals surface area contributed by atoms with Crippen molar-refractivity contribution in [3.63, 3.8) is 0 Å². The van der Waals surface area contributed by atoms with Gasteiger partial charge in [-0.05, 0) is 20.8 Å². The molecule has 0 unspecified atom stereocenters. The highest BCUT2D eigenvalue weighted by Gasteiger charge is 2.34. The summed E-state index contributed by atoms with van der Waals surface area (Å²) in [5, 5.41) is 0. The first-order valence-corrected chi connectivity index (χ1v) is 6.54. The molecule has 2 aromatic rings. The topological polar surface area (TPSA) is 88.1 Å². The Morgan fingerprint density at radius 1 is 1.29 bits per heavy atom. The molecule has 0 N–H and O–H groups in total. The minimum Gasteiger partial charge on any atom is -0.464 e. The zero-order valence-electron chi connectivity index (χ0n) is 12.7. The van der Waals surface area contributed by atoms with Gasteiger partial charge in [-0.15, -0.1) is 0 Å². The molecule has 0 aliphatic rings. The molecule has 0 radical (unpaired) electrons. The SMILES string of the molecule is CCOC(=O)C(C)(C)n1cnc2c1c(=O)n(C)c(=O)n2C. The van der Waals surface area contributed by atoms with E-state index in [2.05, 4.69) is 4.98 Å². The maximum atomic E-state index is 12.3. The molecule has 0 saturated heterocycles. The van der Waals surface area contributed by atoms with E-state index in [9.17, 15) is 14.4 Å². The lowest BCUT2D eigenvalue weighted by Crippen LogP contribution is -2.41. The summed E-state index contributed by atoms with van der Waals surface area (Å²) in [7, 11) is 2.91. The molecule has 0 aliphatic heterocycles. The van der Waals surface area contributed by atoms with Gasteiger partial charge in [-0.25, -0.2) is 14.6 Å². The highest BCUT2D eigenvalue weighted by Crippen LogP contribution is 2.21. The molecule has 2 rings (SSSR count). The molecule has 2 aromatic heterocycles. The van der Waals surface area contributed by atoms with Crippen LogP contribution in [0.25, 0.3) is 11.2 Å². The summed E-state index contributed by atoms with van der Waals surface area (Å²) >= 11 is 0. The fraction of sp³-hybridized carbons (Fsp3) is 0.538. The van der Waals surface area contributed by atoms with Crippen molar-refractivity contribution in [1.29, 1.82) is 0 Å². The summed E-state index contributed by atoms with van der Waals surface area (Å²) in [6.07, 6.45) is 1.38. The monoisotopic (exact) mass is 294 g/mol. The van der Waals surface area contributed by atoms with E-state index in [1.807, 2.05) is 0 Å². The Balaban J connectivity index is 2.82. The van der Waals surface area contributed by atoms with Gasteiger partial charge in [-0.2, -0.15) is 0 Å². The van der Waals surface area contributed by atoms with E-state index >= 15 is 0 Å². The predicted octanol–water partition coefficient (Wildman–Crippen LogP) is -0.268. The number of rotatable bonds is 3. The highest BCUT2D eigenvalue weighted by molar-refractivity contribution is 5.81. The third-order valence-corrected chi connectivity index (χ3v) is 3.52. The minimum absolute atomic E-state index is 0.192. The predicted molar refractivity (Wildman–Crippen MR) is 76.2 cm³/mol. The van der Waals surface area contributed by atoms with Crippen LogP contribution < -0.4 is 11.2 Å². The number of carbonyl (C=O) groups is 1. The first-order valence-electron chi connectivity index (χ1n) is 6.54. The molecule has 2 heterocycles. The van der Waals surface area contributed by atoms with Gasteiger partial charge in [0.25, 0.3) is 5.56 Å². The Hall–Kier alpha value is -2.38. The van der Waals surface area contributed by atoms with E-state index in [4.69, 9.17) is 4.74 Å². The van der Waals surface area contributed by atoms with E-state index < -0.39 is 22.8 Å². The lowest BCUT2D eigenvalue weighted by atomic mass is 10.1. The first-order chi connectivity index (χ1) is 9.73. The fourth-order valence-corrected chi connectivity index (χ4v) is 2.17. The molecule has 8 nitrogen and oxygen atoms in total. The van der Waals surface area contributed by atoms with E-state index in [1.165, 1.54) is 29.6 Å². The second-order valence-electron chi connectivity index (χ2n) is 5.27. The van der Waals surface area contributed by atoms with Gasteiger partial charge in [0.05, 0.1) is 12.9 Å². The van der Waals surface area contributed by atoms with Crippen molar-refractivity contribution in [3.8, 4) is 0 Å². The van der Waals surface area contributed by atoms with Crippen LogP contribution >= 0.6 is 0 Å². The summed E-state index contributed by atoms with van der Waals surface area (Å²) in [6.45, 7) is 5.22. The molecule has 0 saturated carbocycles. The molecule has 0 bridgehead atoms. The zero-order valence-corrected chi connectivity index (χ0v) is 12.7. The molecule has 21 heavy (non-hydrogen) atoms. The van der Waals surface area contributed by atoms with Crippen LogP contribution in [0, 0.1) is 0 Å². The van der Waals surface area contributed by atoms with Gasteiger partial charge in [-0.3, -0.25) is 13.9 Å². The van der Waals surface area contributed by atoms with Gasteiger partial charge in [0, 0.05) is 14.1 Å². The molecule has 0 aromatic carbocycles. The second-order valence-corrected chi connectivity index (χ2v) is 5.27. The first kappa shape index (κ1) is 15.0. The van der Waals surface area contributed by atoms with Crippen LogP contribution in [0.3, 0.4) is 0 Å². The molecular weight excluding hydrogens is 276 g/mol. The van der Waals surface area contributed by atoms with Crippen LogP contribution in [0.1, 0.15) is 20.8 Å². The van der Waals surface area contributed by atoms with E-state index in [0.717, 1.165) is 4.57 Å². The summed E-state index contributed by atoms with van der Waals surface area (Å²) in [5.41, 5.74) is -1.64. The van der Waals surface area contributed by atoms with Gasteiger partial charge < -0.3 is 9.30 Å². The van der Waals surface area contributed by atoms with Crippen LogP contribution in [-0.4, -0.2) is 31.3 Å². The highest BCUT2D eigenvalue weighted by atomic mass is 16.5. The van der Waals surface area contributed by atoms with Crippen LogP contribution in [0.2, 0.25) is 0 Å². The van der Waals surface area contributed by atoms with Crippen molar-refractivity contribution < 1.29 is 9.53 Å². The summed E-state index contributed by atoms with van der Waals surface area (Å²) in [6, 6.07) is 0. The summed E-state index contributed by atoms with van der Waals surface area (Å²) in [4.78, 5) is 40.4. The largest absolute Gasteiger partial charge is 0.464 e. The van der Waals surface area contributed by atoms with Gasteiger partial charge in [0.2, 0.25) is 0 Å². The molecular formula is C13H18N4O4. The lowest BCUT2D eigenvalue weighted by molar-refractivity contribution is -0.152. The number of esters is 1. The third-order valence-electron chi connectivity index (χ3n) is 3.52. The second kappa shape index (κ2) is 4.87. The van der Waals surface area contributed by atoms with Crippen molar-refractivity contribution in [2.24, 2.45) is 14.1 Å². The Kier molecular flexibility index (Phi) is 3.48. The zero-order chi connectivity index (χ0) is 15.9. The normalized spacial score (nSPS) is 11.9. The molecule has 0 atom stereocenters. The number of ether oxygens (including phenoxy) is 1. The molecule has 8 heteroatoms. The Bertz CT molecular complexity index is 825. The van der Waals surface area contributed by atoms with Crippen molar-refractivity contribution in [2.75, 3.05) is 6.61 Å². The van der Waals surface area contributed by atoms with Crippen LogP contribution in [0.4, 0.5) is 0 Å². The smallest absolute Gasteiger partial charge is 0.332 e. The van der Waals surface area contributed by atoms with E-state index in [0.29, 0.717) is 0 Å². The molecule has 0 amide bonds. The van der Waals surface area contributed by atoms with Crippen molar-refractivity contribution in [2.45, 2.75) is 26.3 Å². The average molecular weight is 294 g/mol. The number of hydrogen-bond acceptors (Lipinski definition) is 5. The number of imidazole rings is 1. The summed E-state index contributed by atoms with van der Waals surface area (Å²) < 4.78 is 8.75. The van der Waals surface area contributed by atoms with Crippen LogP contribution in [-0.2, 0) is 29.2 Å². The van der Waals surface area contributed by atoms with Crippen molar-refractivity contribution in [1.82, 2.24) is 18.7 Å². The standard InChI is InChI=1S/C13H18N4O4/c1-6-21-11(19)13(2,3)17-7-14-9-8(17)10(18)16(5)12(20)15(9)4/h7H,6H2,1-5H3. The maximum Gasteiger partial charge on any atom is 0.332 e. The Labute approximate surface area is 120 Å². The Morgan fingerprint density at radius 2 is 1.90 bits per heavy atom. The fourth-order valence-electron chi connectivity index (χ4n) is 2.17. The van der Waals surface area contributed by atoms with Gasteiger partial charge in [0.1, 0.15) is 5.54 Å². The number of hydrogen-bond donors (Lipinski definition) is 0. The lowest BCUT2D eigenvalue weighted by Gasteiger charge is -2.24. The number of fused-ring (bicyclic) bond motifs is 1. The molecule has 0 aliphatic carbocycles. The van der Waals surface area contributed by atoms with Crippen molar-refractivity contribution >= 4 is 17.1 Å². The minimum atomic E-state index is -1.10. The summed E-state index contributed by atoms with van der Waals surface area (Å²) in [5.74, 6) is -0.472. The third kappa shape index (κ3) is 2.07. The number of aromatic nitrogens is 4. The molecule has 0 fully saturated rings. The number of aryl methyl sites for hydroxylation is 1. The maximum absolute atomic E-state index is 12.3.